The van der Waals surface area contributed by atoms with Gasteiger partial charge in [-0.15, -0.1) is 11.3 Å². The molecule has 0 spiro atoms. The van der Waals surface area contributed by atoms with Gasteiger partial charge in [0, 0.05) is 62.2 Å². The number of pyridine rings is 1. The molecule has 1 aliphatic carbocycles. The molecule has 9 heteroatoms. The SMILES string of the molecule is CC(=O)OCc1c(C2=CC(=Nc3ccc4c(n3)CCNC4)CN(C)C2)cccc1N1CCc2c(sc3c2CCCC3)C1=O. The molecule has 0 saturated carbocycles. The van der Waals surface area contributed by atoms with E-state index < -0.39 is 0 Å². The van der Waals surface area contributed by atoms with E-state index in [2.05, 4.69) is 35.5 Å². The third kappa shape index (κ3) is 5.57. The summed E-state index contributed by atoms with van der Waals surface area (Å²) >= 11 is 1.69. The molecule has 3 aliphatic heterocycles. The zero-order valence-corrected chi connectivity index (χ0v) is 25.7. The summed E-state index contributed by atoms with van der Waals surface area (Å²) in [6.07, 6.45) is 8.48. The first-order valence-corrected chi connectivity index (χ1v) is 16.1. The topological polar surface area (TPSA) is 87.1 Å². The Morgan fingerprint density at radius 3 is 2.86 bits per heavy atom. The number of esters is 1. The minimum Gasteiger partial charge on any atom is -0.461 e. The minimum atomic E-state index is -0.343. The maximum atomic E-state index is 14.0. The molecule has 2 aromatic heterocycles. The van der Waals surface area contributed by atoms with Crippen molar-refractivity contribution in [3.8, 4) is 0 Å². The molecule has 1 aromatic carbocycles. The van der Waals surface area contributed by atoms with Gasteiger partial charge in [-0.25, -0.2) is 9.98 Å². The van der Waals surface area contributed by atoms with Crippen LogP contribution in [-0.2, 0) is 48.4 Å². The van der Waals surface area contributed by atoms with Crippen LogP contribution in [0.15, 0.2) is 41.4 Å². The van der Waals surface area contributed by atoms with Crippen molar-refractivity contribution in [2.45, 2.75) is 58.6 Å². The summed E-state index contributed by atoms with van der Waals surface area (Å²) in [5.74, 6) is 0.445. The van der Waals surface area contributed by atoms with E-state index in [4.69, 9.17) is 14.7 Å². The standard InChI is InChI=1S/C34H37N5O3S/c1-21(40)42-20-28-25(23-16-24(19-38(2)18-23)36-32-11-10-22-17-35-14-12-29(22)37-32)7-5-8-30(28)39-15-13-27-26-6-3-4-9-31(26)43-33(27)34(39)41/h5,7-8,10-11,16,35H,3-4,6,9,12-15,17-20H2,1-2H3. The summed E-state index contributed by atoms with van der Waals surface area (Å²) in [6, 6.07) is 10.2. The minimum absolute atomic E-state index is 0.0625. The van der Waals surface area contributed by atoms with Gasteiger partial charge in [0.1, 0.15) is 6.61 Å². The van der Waals surface area contributed by atoms with Crippen molar-refractivity contribution in [1.29, 1.82) is 0 Å². The van der Waals surface area contributed by atoms with Crippen LogP contribution in [-0.4, -0.2) is 60.7 Å². The predicted octanol–water partition coefficient (Wildman–Crippen LogP) is 5.04. The zero-order chi connectivity index (χ0) is 29.5. The molecule has 222 valence electrons. The van der Waals surface area contributed by atoms with Crippen molar-refractivity contribution in [2.24, 2.45) is 4.99 Å². The largest absolute Gasteiger partial charge is 0.461 e. The lowest BCUT2D eigenvalue weighted by Crippen LogP contribution is -2.38. The lowest BCUT2D eigenvalue weighted by molar-refractivity contribution is -0.142. The van der Waals surface area contributed by atoms with Crippen LogP contribution < -0.4 is 10.2 Å². The molecule has 0 fully saturated rings. The highest BCUT2D eigenvalue weighted by Crippen LogP contribution is 2.40. The molecule has 43 heavy (non-hydrogen) atoms. The van der Waals surface area contributed by atoms with E-state index in [1.165, 1.54) is 41.3 Å². The van der Waals surface area contributed by atoms with Gasteiger partial charge in [-0.05, 0) is 85.2 Å². The average molecular weight is 596 g/mol. The fourth-order valence-electron chi connectivity index (χ4n) is 6.88. The Labute approximate surface area is 256 Å². The van der Waals surface area contributed by atoms with E-state index in [0.29, 0.717) is 19.6 Å². The highest BCUT2D eigenvalue weighted by Gasteiger charge is 2.33. The van der Waals surface area contributed by atoms with Crippen LogP contribution in [0.3, 0.4) is 0 Å². The van der Waals surface area contributed by atoms with Crippen molar-refractivity contribution < 1.29 is 14.3 Å². The van der Waals surface area contributed by atoms with Crippen molar-refractivity contribution in [3.05, 3.63) is 79.7 Å². The van der Waals surface area contributed by atoms with E-state index in [1.54, 1.807) is 11.3 Å². The Morgan fingerprint density at radius 2 is 1.98 bits per heavy atom. The van der Waals surface area contributed by atoms with Crippen molar-refractivity contribution in [2.75, 3.05) is 38.1 Å². The van der Waals surface area contributed by atoms with Crippen LogP contribution >= 0.6 is 11.3 Å². The van der Waals surface area contributed by atoms with E-state index >= 15 is 0 Å². The highest BCUT2D eigenvalue weighted by molar-refractivity contribution is 7.14. The van der Waals surface area contributed by atoms with Crippen molar-refractivity contribution >= 4 is 46.0 Å². The summed E-state index contributed by atoms with van der Waals surface area (Å²) in [5, 5.41) is 3.39. The molecular weight excluding hydrogens is 558 g/mol. The number of aryl methyl sites for hydroxylation is 1. The highest BCUT2D eigenvalue weighted by atomic mass is 32.1. The Bertz CT molecular complexity index is 1670. The fourth-order valence-corrected chi connectivity index (χ4v) is 8.27. The van der Waals surface area contributed by atoms with Gasteiger partial charge < -0.3 is 15.0 Å². The number of carbonyl (C=O) groups excluding carboxylic acids is 2. The summed E-state index contributed by atoms with van der Waals surface area (Å²) in [6.45, 7) is 5.36. The lowest BCUT2D eigenvalue weighted by atomic mass is 9.91. The molecule has 1 amide bonds. The number of benzene rings is 1. The maximum Gasteiger partial charge on any atom is 0.302 e. The fraction of sp³-hybridized carbons (Fsp3) is 0.412. The van der Waals surface area contributed by atoms with Crippen LogP contribution in [0.2, 0.25) is 0 Å². The number of aliphatic imine (C=N–C) groups is 1. The number of nitrogens with one attached hydrogen (secondary N) is 1. The maximum absolute atomic E-state index is 14.0. The zero-order valence-electron chi connectivity index (χ0n) is 24.9. The van der Waals surface area contributed by atoms with E-state index in [-0.39, 0.29) is 18.5 Å². The van der Waals surface area contributed by atoms with Crippen molar-refractivity contribution in [1.82, 2.24) is 15.2 Å². The second kappa shape index (κ2) is 11.8. The number of nitrogens with zero attached hydrogens (tertiary/aromatic N) is 4. The molecule has 0 radical (unpaired) electrons. The van der Waals surface area contributed by atoms with Crippen LogP contribution in [0.5, 0.6) is 0 Å². The number of hydrogen-bond donors (Lipinski definition) is 1. The summed E-state index contributed by atoms with van der Waals surface area (Å²) in [7, 11) is 2.08. The number of fused-ring (bicyclic) bond motifs is 4. The number of aromatic nitrogens is 1. The summed E-state index contributed by atoms with van der Waals surface area (Å²) < 4.78 is 5.60. The van der Waals surface area contributed by atoms with E-state index in [1.807, 2.05) is 23.1 Å². The third-order valence-electron chi connectivity index (χ3n) is 8.89. The van der Waals surface area contributed by atoms with Gasteiger partial charge in [-0.2, -0.15) is 0 Å². The predicted molar refractivity (Wildman–Crippen MR) is 170 cm³/mol. The molecule has 4 aliphatic rings. The molecular formula is C34H37N5O3S. The average Bonchev–Trinajstić information content (AvgIpc) is 3.39. The number of likely N-dealkylation sites (N-methyl/N-ethyl adjacent to an activating group) is 1. The van der Waals surface area contributed by atoms with Gasteiger partial charge in [0.25, 0.3) is 5.91 Å². The molecule has 5 heterocycles. The first-order chi connectivity index (χ1) is 20.9. The molecule has 0 bridgehead atoms. The lowest BCUT2D eigenvalue weighted by Gasteiger charge is -2.31. The van der Waals surface area contributed by atoms with Crippen LogP contribution in [0.4, 0.5) is 11.5 Å². The van der Waals surface area contributed by atoms with Crippen molar-refractivity contribution in [3.63, 3.8) is 0 Å². The van der Waals surface area contributed by atoms with Gasteiger partial charge in [0.2, 0.25) is 0 Å². The normalized spacial score (nSPS) is 19.5. The van der Waals surface area contributed by atoms with Gasteiger partial charge in [0.05, 0.1) is 16.3 Å². The number of hydrogen-bond acceptors (Lipinski definition) is 8. The number of thiophene rings is 1. The van der Waals surface area contributed by atoms with Crippen LogP contribution in [0, 0.1) is 0 Å². The number of rotatable bonds is 5. The number of ether oxygens (including phenoxy) is 1. The Hall–Kier alpha value is -3.66. The molecule has 0 unspecified atom stereocenters. The number of anilines is 1. The summed E-state index contributed by atoms with van der Waals surface area (Å²) in [4.78, 5) is 42.2. The van der Waals surface area contributed by atoms with Gasteiger partial charge in [-0.1, -0.05) is 18.2 Å². The molecule has 8 nitrogen and oxygen atoms in total. The van der Waals surface area contributed by atoms with Gasteiger partial charge in [0.15, 0.2) is 5.82 Å². The Morgan fingerprint density at radius 1 is 1.09 bits per heavy atom. The molecule has 3 aromatic rings. The van der Waals surface area contributed by atoms with E-state index in [9.17, 15) is 9.59 Å². The monoisotopic (exact) mass is 595 g/mol. The summed E-state index contributed by atoms with van der Waals surface area (Å²) in [5.41, 5.74) is 9.71. The quantitative estimate of drug-likeness (QED) is 0.416. The molecule has 0 saturated heterocycles. The Balaban J connectivity index is 1.26. The van der Waals surface area contributed by atoms with Crippen LogP contribution in [0.25, 0.3) is 5.57 Å². The van der Waals surface area contributed by atoms with Crippen LogP contribution in [0.1, 0.15) is 67.8 Å². The Kier molecular flexibility index (Phi) is 7.71. The number of carbonyl (C=O) groups is 2. The smallest absolute Gasteiger partial charge is 0.302 e. The third-order valence-corrected chi connectivity index (χ3v) is 10.2. The second-order valence-corrected chi connectivity index (χ2v) is 13.1. The molecule has 7 rings (SSSR count). The first-order valence-electron chi connectivity index (χ1n) is 15.3. The van der Waals surface area contributed by atoms with E-state index in [0.717, 1.165) is 83.3 Å². The van der Waals surface area contributed by atoms with Gasteiger partial charge in [-0.3, -0.25) is 14.5 Å². The number of amides is 1. The molecule has 0 atom stereocenters. The first kappa shape index (κ1) is 28.1. The molecule has 1 N–H and O–H groups in total. The second-order valence-electron chi connectivity index (χ2n) is 12.0. The van der Waals surface area contributed by atoms with Gasteiger partial charge >= 0.3 is 5.97 Å².